The number of nitrogens with two attached hydrogens (primary N) is 1. The van der Waals surface area contributed by atoms with Crippen LogP contribution in [0.3, 0.4) is 0 Å². The Labute approximate surface area is 83.5 Å². The van der Waals surface area contributed by atoms with Crippen molar-refractivity contribution in [3.63, 3.8) is 0 Å². The van der Waals surface area contributed by atoms with Crippen LogP contribution in [0.2, 0.25) is 0 Å². The molecule has 0 radical (unpaired) electrons. The second kappa shape index (κ2) is 5.94. The highest BCUT2D eigenvalue weighted by Crippen LogP contribution is 1.98. The molecule has 1 atom stereocenters. The van der Waals surface area contributed by atoms with Gasteiger partial charge in [-0.05, 0) is 12.8 Å². The van der Waals surface area contributed by atoms with Crippen molar-refractivity contribution in [3.05, 3.63) is 0 Å². The minimum atomic E-state index is -3.14. The number of nitrogens with one attached hydrogen (secondary N) is 1. The number of rotatable bonds is 7. The number of carboxylic acid groups (broad SMARTS) is 1. The Balaban J connectivity index is 3.44. The normalized spacial score (nSPS) is 13.9. The number of hydrogen-bond donors (Lipinski definition) is 3. The van der Waals surface area contributed by atoms with Crippen LogP contribution in [0.25, 0.3) is 0 Å². The number of sulfonamides is 1. The third kappa shape index (κ3) is 7.96. The molecule has 0 heterocycles. The van der Waals surface area contributed by atoms with Gasteiger partial charge in [-0.3, -0.25) is 4.79 Å². The molecular formula is C7H16N2O4S. The molecule has 0 aromatic rings. The first kappa shape index (κ1) is 13.3. The predicted molar refractivity (Wildman–Crippen MR) is 52.3 cm³/mol. The van der Waals surface area contributed by atoms with Crippen molar-refractivity contribution in [3.8, 4) is 0 Å². The zero-order valence-corrected chi connectivity index (χ0v) is 8.88. The van der Waals surface area contributed by atoms with E-state index in [-0.39, 0.29) is 0 Å². The molecule has 0 fully saturated rings. The van der Waals surface area contributed by atoms with Crippen molar-refractivity contribution < 1.29 is 18.3 Å². The lowest BCUT2D eigenvalue weighted by molar-refractivity contribution is -0.138. The SMILES string of the molecule is CS(=O)(=O)NCCCC[C@H](N)C(=O)O. The third-order valence-corrected chi connectivity index (χ3v) is 2.35. The number of carboxylic acids is 1. The van der Waals surface area contributed by atoms with E-state index in [1.807, 2.05) is 0 Å². The van der Waals surface area contributed by atoms with Crippen molar-refractivity contribution in [2.24, 2.45) is 5.73 Å². The van der Waals surface area contributed by atoms with Crippen molar-refractivity contribution >= 4 is 16.0 Å². The zero-order valence-electron chi connectivity index (χ0n) is 8.06. The van der Waals surface area contributed by atoms with Crippen LogP contribution in [0.4, 0.5) is 0 Å². The summed E-state index contributed by atoms with van der Waals surface area (Å²) in [7, 11) is -3.14. The summed E-state index contributed by atoms with van der Waals surface area (Å²) in [4.78, 5) is 10.3. The summed E-state index contributed by atoms with van der Waals surface area (Å²) in [6.45, 7) is 0.325. The van der Waals surface area contributed by atoms with Gasteiger partial charge >= 0.3 is 5.97 Å². The first-order valence-electron chi connectivity index (χ1n) is 4.26. The van der Waals surface area contributed by atoms with Gasteiger partial charge in [-0.1, -0.05) is 6.42 Å². The van der Waals surface area contributed by atoms with Gasteiger partial charge in [-0.25, -0.2) is 13.1 Å². The fraction of sp³-hybridized carbons (Fsp3) is 0.857. The smallest absolute Gasteiger partial charge is 0.320 e. The van der Waals surface area contributed by atoms with Crippen LogP contribution < -0.4 is 10.5 Å². The molecule has 0 aromatic heterocycles. The third-order valence-electron chi connectivity index (χ3n) is 1.62. The molecular weight excluding hydrogens is 208 g/mol. The van der Waals surface area contributed by atoms with Gasteiger partial charge in [-0.15, -0.1) is 0 Å². The average Bonchev–Trinajstić information content (AvgIpc) is 2.01. The van der Waals surface area contributed by atoms with Crippen LogP contribution in [0.5, 0.6) is 0 Å². The number of unbranched alkanes of at least 4 members (excludes halogenated alkanes) is 1. The Kier molecular flexibility index (Phi) is 5.66. The molecule has 4 N–H and O–H groups in total. The predicted octanol–water partition coefficient (Wildman–Crippen LogP) is -0.882. The minimum absolute atomic E-state index is 0.325. The lowest BCUT2D eigenvalue weighted by Crippen LogP contribution is -2.30. The Morgan fingerprint density at radius 1 is 1.50 bits per heavy atom. The number of carbonyl (C=O) groups is 1. The van der Waals surface area contributed by atoms with Gasteiger partial charge in [0, 0.05) is 6.54 Å². The van der Waals surface area contributed by atoms with E-state index in [1.54, 1.807) is 0 Å². The maximum absolute atomic E-state index is 10.6. The quantitative estimate of drug-likeness (QED) is 0.486. The molecule has 14 heavy (non-hydrogen) atoms. The monoisotopic (exact) mass is 224 g/mol. The van der Waals surface area contributed by atoms with Gasteiger partial charge < -0.3 is 10.8 Å². The summed E-state index contributed by atoms with van der Waals surface area (Å²) in [5.74, 6) is -1.03. The average molecular weight is 224 g/mol. The molecule has 6 nitrogen and oxygen atoms in total. The fourth-order valence-electron chi connectivity index (χ4n) is 0.870. The molecule has 0 bridgehead atoms. The summed E-state index contributed by atoms with van der Waals surface area (Å²) < 4.78 is 23.5. The van der Waals surface area contributed by atoms with Crippen molar-refractivity contribution in [1.29, 1.82) is 0 Å². The van der Waals surface area contributed by atoms with E-state index >= 15 is 0 Å². The summed E-state index contributed by atoms with van der Waals surface area (Å²) in [5, 5.41) is 8.43. The number of hydrogen-bond acceptors (Lipinski definition) is 4. The van der Waals surface area contributed by atoms with Gasteiger partial charge in [0.1, 0.15) is 6.04 Å². The molecule has 0 aromatic carbocycles. The maximum Gasteiger partial charge on any atom is 0.320 e. The Morgan fingerprint density at radius 2 is 2.07 bits per heavy atom. The lowest BCUT2D eigenvalue weighted by atomic mass is 10.1. The van der Waals surface area contributed by atoms with E-state index in [9.17, 15) is 13.2 Å². The summed E-state index contributed by atoms with van der Waals surface area (Å²) in [6.07, 6.45) is 2.63. The van der Waals surface area contributed by atoms with Crippen LogP contribution in [0.15, 0.2) is 0 Å². The van der Waals surface area contributed by atoms with Gasteiger partial charge in [0.05, 0.1) is 6.26 Å². The Bertz CT molecular complexity index is 275. The lowest BCUT2D eigenvalue weighted by Gasteiger charge is -2.05. The second-order valence-corrected chi connectivity index (χ2v) is 4.94. The van der Waals surface area contributed by atoms with Crippen molar-refractivity contribution in [2.45, 2.75) is 25.3 Å². The summed E-state index contributed by atoms with van der Waals surface area (Å²) in [5.41, 5.74) is 5.25. The van der Waals surface area contributed by atoms with Gasteiger partial charge in [0.15, 0.2) is 0 Å². The summed E-state index contributed by atoms with van der Waals surface area (Å²) in [6, 6.07) is -0.853. The second-order valence-electron chi connectivity index (χ2n) is 3.11. The van der Waals surface area contributed by atoms with Gasteiger partial charge in [-0.2, -0.15) is 0 Å². The molecule has 0 rings (SSSR count). The maximum atomic E-state index is 10.6. The molecule has 0 aliphatic rings. The van der Waals surface area contributed by atoms with E-state index < -0.39 is 22.0 Å². The highest BCUT2D eigenvalue weighted by Gasteiger charge is 2.10. The molecule has 0 saturated carbocycles. The molecule has 0 amide bonds. The molecule has 0 saturated heterocycles. The highest BCUT2D eigenvalue weighted by atomic mass is 32.2. The van der Waals surface area contributed by atoms with E-state index in [2.05, 4.69) is 4.72 Å². The zero-order chi connectivity index (χ0) is 11.2. The molecule has 0 unspecified atom stereocenters. The van der Waals surface area contributed by atoms with Crippen molar-refractivity contribution in [1.82, 2.24) is 4.72 Å². The highest BCUT2D eigenvalue weighted by molar-refractivity contribution is 7.88. The first-order valence-corrected chi connectivity index (χ1v) is 6.15. The Morgan fingerprint density at radius 3 is 2.50 bits per heavy atom. The topological polar surface area (TPSA) is 109 Å². The molecule has 7 heteroatoms. The molecule has 84 valence electrons. The minimum Gasteiger partial charge on any atom is -0.480 e. The number of aliphatic carboxylic acids is 1. The first-order chi connectivity index (χ1) is 6.33. The fourth-order valence-corrected chi connectivity index (χ4v) is 1.39. The Hall–Kier alpha value is -0.660. The van der Waals surface area contributed by atoms with Gasteiger partial charge in [0.2, 0.25) is 10.0 Å². The molecule has 0 aliphatic heterocycles. The van der Waals surface area contributed by atoms with E-state index in [4.69, 9.17) is 10.8 Å². The van der Waals surface area contributed by atoms with Gasteiger partial charge in [0.25, 0.3) is 0 Å². The van der Waals surface area contributed by atoms with E-state index in [0.29, 0.717) is 25.8 Å². The van der Waals surface area contributed by atoms with Crippen LogP contribution in [0, 0.1) is 0 Å². The van der Waals surface area contributed by atoms with E-state index in [1.165, 1.54) is 0 Å². The van der Waals surface area contributed by atoms with Crippen LogP contribution in [-0.2, 0) is 14.8 Å². The summed E-state index contributed by atoms with van der Waals surface area (Å²) >= 11 is 0. The molecule has 0 aliphatic carbocycles. The van der Waals surface area contributed by atoms with Crippen LogP contribution in [0.1, 0.15) is 19.3 Å². The van der Waals surface area contributed by atoms with Crippen molar-refractivity contribution in [2.75, 3.05) is 12.8 Å². The largest absolute Gasteiger partial charge is 0.480 e. The standard InChI is InChI=1S/C7H16N2O4S/c1-14(12,13)9-5-3-2-4-6(8)7(10)11/h6,9H,2-5,8H2,1H3,(H,10,11)/t6-/m0/s1. The van der Waals surface area contributed by atoms with Crippen LogP contribution >= 0.6 is 0 Å². The molecule has 0 spiro atoms. The van der Waals surface area contributed by atoms with Crippen LogP contribution in [-0.4, -0.2) is 38.3 Å². The van der Waals surface area contributed by atoms with E-state index in [0.717, 1.165) is 6.26 Å².